The minimum atomic E-state index is 0.234. The molecule has 1 unspecified atom stereocenters. The number of benzene rings is 1. The molecule has 1 aromatic rings. The van der Waals surface area contributed by atoms with Gasteiger partial charge in [0.1, 0.15) is 0 Å². The van der Waals surface area contributed by atoms with Crippen molar-refractivity contribution in [1.29, 1.82) is 5.26 Å². The smallest absolute Gasteiger partial charge is 0.0992 e. The first-order chi connectivity index (χ1) is 8.76. The molecule has 1 heterocycles. The molecular formula is C14H19N3O. The van der Waals surface area contributed by atoms with E-state index in [0.717, 1.165) is 43.6 Å². The van der Waals surface area contributed by atoms with Gasteiger partial charge in [0.2, 0.25) is 0 Å². The van der Waals surface area contributed by atoms with Crippen molar-refractivity contribution in [2.24, 2.45) is 0 Å². The number of hydrogen-bond acceptors (Lipinski definition) is 4. The molecule has 3 N–H and O–H groups in total. The zero-order valence-electron chi connectivity index (χ0n) is 10.5. The Morgan fingerprint density at radius 3 is 3.06 bits per heavy atom. The molecule has 1 aliphatic heterocycles. The van der Waals surface area contributed by atoms with Gasteiger partial charge in [0.15, 0.2) is 0 Å². The fraction of sp³-hybridized carbons (Fsp3) is 0.500. The third-order valence-electron chi connectivity index (χ3n) is 3.54. The van der Waals surface area contributed by atoms with E-state index in [1.807, 2.05) is 6.07 Å². The van der Waals surface area contributed by atoms with Gasteiger partial charge in [-0.3, -0.25) is 0 Å². The van der Waals surface area contributed by atoms with Crippen LogP contribution in [0.5, 0.6) is 0 Å². The van der Waals surface area contributed by atoms with Crippen LogP contribution < -0.4 is 10.6 Å². The Hall–Kier alpha value is -1.73. The van der Waals surface area contributed by atoms with Gasteiger partial charge in [-0.1, -0.05) is 0 Å². The molecule has 1 fully saturated rings. The van der Waals surface area contributed by atoms with Gasteiger partial charge in [0.25, 0.3) is 0 Å². The minimum absolute atomic E-state index is 0.234. The van der Waals surface area contributed by atoms with Gasteiger partial charge in [0, 0.05) is 19.2 Å². The second kappa shape index (κ2) is 5.74. The summed E-state index contributed by atoms with van der Waals surface area (Å²) >= 11 is 0. The van der Waals surface area contributed by atoms with Gasteiger partial charge in [0.05, 0.1) is 23.0 Å². The lowest BCUT2D eigenvalue weighted by Gasteiger charge is -2.28. The van der Waals surface area contributed by atoms with Crippen LogP contribution in [0.4, 0.5) is 11.4 Å². The van der Waals surface area contributed by atoms with Crippen LogP contribution in [0.2, 0.25) is 0 Å². The number of rotatable bonds is 4. The first-order valence-corrected chi connectivity index (χ1v) is 6.43. The molecule has 1 saturated heterocycles. The average molecular weight is 245 g/mol. The highest BCUT2D eigenvalue weighted by atomic mass is 16.2. The van der Waals surface area contributed by atoms with Crippen molar-refractivity contribution in [3.63, 3.8) is 0 Å². The summed E-state index contributed by atoms with van der Waals surface area (Å²) in [6, 6.07) is 8.01. The fourth-order valence-electron chi connectivity index (χ4n) is 2.64. The highest BCUT2D eigenvalue weighted by molar-refractivity contribution is 5.70. The molecule has 18 heavy (non-hydrogen) atoms. The van der Waals surface area contributed by atoms with Crippen LogP contribution in [0.25, 0.3) is 0 Å². The van der Waals surface area contributed by atoms with Crippen LogP contribution in [-0.4, -0.2) is 24.3 Å². The van der Waals surface area contributed by atoms with Crippen LogP contribution in [0.3, 0.4) is 0 Å². The second-order valence-corrected chi connectivity index (χ2v) is 4.74. The van der Waals surface area contributed by atoms with Crippen LogP contribution in [0.15, 0.2) is 18.2 Å². The van der Waals surface area contributed by atoms with E-state index in [-0.39, 0.29) is 6.61 Å². The third kappa shape index (κ3) is 2.57. The largest absolute Gasteiger partial charge is 0.397 e. The topological polar surface area (TPSA) is 73.3 Å². The monoisotopic (exact) mass is 245 g/mol. The van der Waals surface area contributed by atoms with Crippen molar-refractivity contribution in [3.8, 4) is 6.07 Å². The molecule has 0 saturated carbocycles. The van der Waals surface area contributed by atoms with E-state index in [4.69, 9.17) is 16.1 Å². The SMILES string of the molecule is N#Cc1ccc(N)c(N2CCCC2CCCO)c1. The first kappa shape index (κ1) is 12.7. The quantitative estimate of drug-likeness (QED) is 0.794. The second-order valence-electron chi connectivity index (χ2n) is 4.74. The van der Waals surface area contributed by atoms with Gasteiger partial charge in [-0.05, 0) is 43.9 Å². The maximum Gasteiger partial charge on any atom is 0.0992 e. The van der Waals surface area contributed by atoms with E-state index in [2.05, 4.69) is 11.0 Å². The molecule has 4 nitrogen and oxygen atoms in total. The van der Waals surface area contributed by atoms with Gasteiger partial charge < -0.3 is 15.7 Å². The maximum atomic E-state index is 8.96. The van der Waals surface area contributed by atoms with E-state index < -0.39 is 0 Å². The molecule has 1 aromatic carbocycles. The predicted octanol–water partition coefficient (Wildman–Crippen LogP) is 1.88. The molecule has 0 radical (unpaired) electrons. The number of nitrogen functional groups attached to an aromatic ring is 1. The summed E-state index contributed by atoms with van der Waals surface area (Å²) in [5.41, 5.74) is 8.35. The zero-order chi connectivity index (χ0) is 13.0. The Balaban J connectivity index is 2.21. The summed E-state index contributed by atoms with van der Waals surface area (Å²) in [6.07, 6.45) is 4.08. The van der Waals surface area contributed by atoms with Gasteiger partial charge in [-0.25, -0.2) is 0 Å². The van der Waals surface area contributed by atoms with Gasteiger partial charge in [-0.2, -0.15) is 5.26 Å². The Kier molecular flexibility index (Phi) is 4.06. The molecule has 0 spiro atoms. The molecule has 96 valence electrons. The van der Waals surface area contributed by atoms with Crippen molar-refractivity contribution < 1.29 is 5.11 Å². The Morgan fingerprint density at radius 2 is 2.33 bits per heavy atom. The number of aliphatic hydroxyl groups is 1. The number of aliphatic hydroxyl groups excluding tert-OH is 1. The van der Waals surface area contributed by atoms with Crippen molar-refractivity contribution in [2.75, 3.05) is 23.8 Å². The van der Waals surface area contributed by atoms with Crippen LogP contribution in [0, 0.1) is 11.3 Å². The Bertz CT molecular complexity index is 453. The standard InChI is InChI=1S/C14H19N3O/c15-10-11-5-6-13(16)14(9-11)17-7-1-3-12(17)4-2-8-18/h5-6,9,12,18H,1-4,7-8,16H2. The highest BCUT2D eigenvalue weighted by Gasteiger charge is 2.25. The number of nitrogens with two attached hydrogens (primary N) is 1. The minimum Gasteiger partial charge on any atom is -0.397 e. The molecular weight excluding hydrogens is 226 g/mol. The lowest BCUT2D eigenvalue weighted by molar-refractivity contribution is 0.279. The normalized spacial score (nSPS) is 18.9. The Morgan fingerprint density at radius 1 is 1.50 bits per heavy atom. The third-order valence-corrected chi connectivity index (χ3v) is 3.54. The van der Waals surface area contributed by atoms with E-state index in [9.17, 15) is 0 Å². The van der Waals surface area contributed by atoms with E-state index in [1.54, 1.807) is 12.1 Å². The summed E-state index contributed by atoms with van der Waals surface area (Å²) in [5, 5.41) is 17.9. The predicted molar refractivity (Wildman–Crippen MR) is 72.3 cm³/mol. The summed E-state index contributed by atoms with van der Waals surface area (Å²) in [6.45, 7) is 1.22. The number of nitriles is 1. The van der Waals surface area contributed by atoms with Crippen molar-refractivity contribution in [1.82, 2.24) is 0 Å². The number of nitrogens with zero attached hydrogens (tertiary/aromatic N) is 2. The fourth-order valence-corrected chi connectivity index (χ4v) is 2.64. The molecule has 0 bridgehead atoms. The lowest BCUT2D eigenvalue weighted by Crippen LogP contribution is -2.30. The zero-order valence-corrected chi connectivity index (χ0v) is 10.5. The molecule has 1 atom stereocenters. The Labute approximate surface area is 108 Å². The molecule has 0 aliphatic carbocycles. The van der Waals surface area contributed by atoms with Gasteiger partial charge >= 0.3 is 0 Å². The summed E-state index contributed by atoms with van der Waals surface area (Å²) in [7, 11) is 0. The van der Waals surface area contributed by atoms with Crippen molar-refractivity contribution in [3.05, 3.63) is 23.8 Å². The van der Waals surface area contributed by atoms with E-state index >= 15 is 0 Å². The molecule has 0 aromatic heterocycles. The van der Waals surface area contributed by atoms with Crippen LogP contribution in [-0.2, 0) is 0 Å². The first-order valence-electron chi connectivity index (χ1n) is 6.43. The average Bonchev–Trinajstić information content (AvgIpc) is 2.85. The molecule has 4 heteroatoms. The van der Waals surface area contributed by atoms with Crippen molar-refractivity contribution in [2.45, 2.75) is 31.7 Å². The molecule has 2 rings (SSSR count). The van der Waals surface area contributed by atoms with E-state index in [0.29, 0.717) is 11.6 Å². The van der Waals surface area contributed by atoms with Crippen LogP contribution in [0.1, 0.15) is 31.2 Å². The summed E-state index contributed by atoms with van der Waals surface area (Å²) in [4.78, 5) is 2.28. The number of anilines is 2. The van der Waals surface area contributed by atoms with Crippen LogP contribution >= 0.6 is 0 Å². The molecule has 1 aliphatic rings. The van der Waals surface area contributed by atoms with Gasteiger partial charge in [-0.15, -0.1) is 0 Å². The maximum absolute atomic E-state index is 8.96. The molecule has 0 amide bonds. The summed E-state index contributed by atoms with van der Waals surface area (Å²) in [5.74, 6) is 0. The van der Waals surface area contributed by atoms with Crippen molar-refractivity contribution >= 4 is 11.4 Å². The van der Waals surface area contributed by atoms with E-state index in [1.165, 1.54) is 0 Å². The highest BCUT2D eigenvalue weighted by Crippen LogP contribution is 2.32. The number of hydrogen-bond donors (Lipinski definition) is 2. The summed E-state index contributed by atoms with van der Waals surface area (Å²) < 4.78 is 0. The lowest BCUT2D eigenvalue weighted by atomic mass is 10.1.